The highest BCUT2D eigenvalue weighted by Crippen LogP contribution is 2.24. The van der Waals surface area contributed by atoms with Gasteiger partial charge in [0.15, 0.2) is 5.82 Å². The average Bonchev–Trinajstić information content (AvgIpc) is 3.01. The lowest BCUT2D eigenvalue weighted by molar-refractivity contribution is 0.135. The Morgan fingerprint density at radius 1 is 1.00 bits per heavy atom. The fourth-order valence-electron chi connectivity index (χ4n) is 2.28. The fraction of sp³-hybridized carbons (Fsp3) is 0.312. The van der Waals surface area contributed by atoms with Crippen molar-refractivity contribution in [1.82, 2.24) is 19.6 Å². The summed E-state index contributed by atoms with van der Waals surface area (Å²) in [5.41, 5.74) is -1.46. The zero-order chi connectivity index (χ0) is 18.7. The molecule has 138 valence electrons. The van der Waals surface area contributed by atoms with Gasteiger partial charge in [0.1, 0.15) is 23.0 Å². The second-order valence-electron chi connectivity index (χ2n) is 5.35. The number of ether oxygens (including phenoxy) is 1. The summed E-state index contributed by atoms with van der Waals surface area (Å²) >= 11 is 0. The van der Waals surface area contributed by atoms with Crippen LogP contribution in [0.25, 0.3) is 5.78 Å². The van der Waals surface area contributed by atoms with Crippen molar-refractivity contribution < 1.29 is 26.7 Å². The Morgan fingerprint density at radius 3 is 2.38 bits per heavy atom. The minimum atomic E-state index is -2.99. The molecular formula is C16H13F5N4O. The molecule has 0 aliphatic rings. The molecule has 0 aliphatic heterocycles. The first-order valence-corrected chi connectivity index (χ1v) is 7.65. The number of hydrogen-bond donors (Lipinski definition) is 0. The van der Waals surface area contributed by atoms with Gasteiger partial charge in [-0.2, -0.15) is 9.50 Å². The molecule has 1 aromatic carbocycles. The lowest BCUT2D eigenvalue weighted by atomic mass is 10.3. The van der Waals surface area contributed by atoms with Crippen molar-refractivity contribution in [3.05, 3.63) is 53.4 Å². The molecule has 26 heavy (non-hydrogen) atoms. The Labute approximate surface area is 144 Å². The maximum absolute atomic E-state index is 13.1. The Kier molecular flexibility index (Phi) is 5.29. The van der Waals surface area contributed by atoms with Gasteiger partial charge in [0.2, 0.25) is 0 Å². The molecule has 3 aromatic rings. The number of halogens is 5. The molecule has 0 saturated heterocycles. The molecule has 0 amide bonds. The first kappa shape index (κ1) is 18.0. The summed E-state index contributed by atoms with van der Waals surface area (Å²) in [5, 5.41) is 3.90. The van der Waals surface area contributed by atoms with Crippen LogP contribution in [-0.4, -0.2) is 26.2 Å². The van der Waals surface area contributed by atoms with Crippen LogP contribution in [0.5, 0.6) is 5.75 Å². The first-order valence-electron chi connectivity index (χ1n) is 7.65. The fourth-order valence-corrected chi connectivity index (χ4v) is 2.28. The predicted octanol–water partition coefficient (Wildman–Crippen LogP) is 4.15. The van der Waals surface area contributed by atoms with Gasteiger partial charge in [-0.25, -0.2) is 26.9 Å². The standard InChI is InChI=1S/C16H13F5N4O/c17-9-3-5-10(6-4-9)26-7-1-2-13-23-16-22-11(14(18)19)8-12(15(20)21)25(16)24-13/h3-6,8,14-15H,1-2,7H2. The number of aromatic nitrogens is 4. The molecule has 0 bridgehead atoms. The van der Waals surface area contributed by atoms with E-state index in [0.29, 0.717) is 18.2 Å². The quantitative estimate of drug-likeness (QED) is 0.462. The largest absolute Gasteiger partial charge is 0.494 e. The molecule has 0 N–H and O–H groups in total. The smallest absolute Gasteiger partial charge is 0.280 e. The number of benzene rings is 1. The van der Waals surface area contributed by atoms with Crippen molar-refractivity contribution >= 4 is 5.78 Å². The lowest BCUT2D eigenvalue weighted by Crippen LogP contribution is -2.05. The van der Waals surface area contributed by atoms with Gasteiger partial charge in [-0.05, 0) is 36.8 Å². The number of alkyl halides is 4. The molecule has 0 radical (unpaired) electrons. The SMILES string of the molecule is Fc1ccc(OCCCc2nc3nc(C(F)F)cc(C(F)F)n3n2)cc1. The molecule has 5 nitrogen and oxygen atoms in total. The van der Waals surface area contributed by atoms with Gasteiger partial charge in [0.05, 0.1) is 6.61 Å². The van der Waals surface area contributed by atoms with Gasteiger partial charge >= 0.3 is 0 Å². The molecule has 0 saturated carbocycles. The predicted molar refractivity (Wildman–Crippen MR) is 80.9 cm³/mol. The highest BCUT2D eigenvalue weighted by Gasteiger charge is 2.21. The van der Waals surface area contributed by atoms with E-state index in [2.05, 4.69) is 15.1 Å². The Balaban J connectivity index is 1.68. The third kappa shape index (κ3) is 4.06. The van der Waals surface area contributed by atoms with Crippen molar-refractivity contribution in [2.75, 3.05) is 6.61 Å². The summed E-state index contributed by atoms with van der Waals surface area (Å²) in [5.74, 6) is -0.00424. The van der Waals surface area contributed by atoms with Crippen LogP contribution in [0, 0.1) is 5.82 Å². The molecule has 2 heterocycles. The Bertz CT molecular complexity index is 882. The molecule has 0 fully saturated rings. The van der Waals surface area contributed by atoms with Crippen molar-refractivity contribution in [1.29, 1.82) is 0 Å². The summed E-state index contributed by atoms with van der Waals surface area (Å²) in [6.45, 7) is 0.263. The van der Waals surface area contributed by atoms with E-state index in [0.717, 1.165) is 4.52 Å². The van der Waals surface area contributed by atoms with Crippen molar-refractivity contribution in [2.45, 2.75) is 25.7 Å². The summed E-state index contributed by atoms with van der Waals surface area (Å²) < 4.78 is 70.6. The van der Waals surface area contributed by atoms with Gasteiger partial charge in [-0.3, -0.25) is 0 Å². The van der Waals surface area contributed by atoms with Crippen molar-refractivity contribution in [3.63, 3.8) is 0 Å². The van der Waals surface area contributed by atoms with Crippen LogP contribution in [0.15, 0.2) is 30.3 Å². The second-order valence-corrected chi connectivity index (χ2v) is 5.35. The molecular weight excluding hydrogens is 359 g/mol. The van der Waals surface area contributed by atoms with E-state index in [1.165, 1.54) is 24.3 Å². The van der Waals surface area contributed by atoms with Crippen LogP contribution >= 0.6 is 0 Å². The third-order valence-corrected chi connectivity index (χ3v) is 3.48. The molecule has 3 rings (SSSR count). The van der Waals surface area contributed by atoms with Gasteiger partial charge in [-0.15, -0.1) is 5.10 Å². The van der Waals surface area contributed by atoms with Crippen molar-refractivity contribution in [2.24, 2.45) is 0 Å². The summed E-state index contributed by atoms with van der Waals surface area (Å²) in [6, 6.07) is 6.10. The lowest BCUT2D eigenvalue weighted by Gasteiger charge is -2.05. The minimum Gasteiger partial charge on any atom is -0.494 e. The number of nitrogens with zero attached hydrogens (tertiary/aromatic N) is 4. The maximum atomic E-state index is 13.1. The van der Waals surface area contributed by atoms with Crippen LogP contribution in [0.4, 0.5) is 22.0 Å². The van der Waals surface area contributed by atoms with Gasteiger partial charge in [0.25, 0.3) is 18.6 Å². The molecule has 0 unspecified atom stereocenters. The number of hydrogen-bond acceptors (Lipinski definition) is 4. The molecule has 0 atom stereocenters. The van der Waals surface area contributed by atoms with E-state index >= 15 is 0 Å². The monoisotopic (exact) mass is 372 g/mol. The summed E-state index contributed by atoms with van der Waals surface area (Å²) in [7, 11) is 0. The zero-order valence-corrected chi connectivity index (χ0v) is 13.2. The summed E-state index contributed by atoms with van der Waals surface area (Å²) in [4.78, 5) is 7.49. The Hall–Kier alpha value is -2.78. The van der Waals surface area contributed by atoms with Crippen LogP contribution in [0.1, 0.15) is 36.5 Å². The normalized spacial score (nSPS) is 11.7. The number of rotatable bonds is 7. The molecule has 10 heteroatoms. The first-order chi connectivity index (χ1) is 12.4. The van der Waals surface area contributed by atoms with Gasteiger partial charge in [0, 0.05) is 6.42 Å². The second kappa shape index (κ2) is 7.63. The molecule has 0 aliphatic carbocycles. The zero-order valence-electron chi connectivity index (χ0n) is 13.2. The third-order valence-electron chi connectivity index (χ3n) is 3.48. The van der Waals surface area contributed by atoms with E-state index < -0.39 is 24.2 Å². The van der Waals surface area contributed by atoms with Crippen LogP contribution < -0.4 is 4.74 Å². The molecule has 0 spiro atoms. The topological polar surface area (TPSA) is 52.3 Å². The highest BCUT2D eigenvalue weighted by molar-refractivity contribution is 5.32. The van der Waals surface area contributed by atoms with E-state index in [9.17, 15) is 22.0 Å². The summed E-state index contributed by atoms with van der Waals surface area (Å²) in [6.07, 6.45) is -5.26. The van der Waals surface area contributed by atoms with Gasteiger partial charge < -0.3 is 4.74 Å². The van der Waals surface area contributed by atoms with E-state index in [1.807, 2.05) is 0 Å². The van der Waals surface area contributed by atoms with Crippen molar-refractivity contribution in [3.8, 4) is 5.75 Å². The number of aryl methyl sites for hydroxylation is 1. The maximum Gasteiger partial charge on any atom is 0.280 e. The van der Waals surface area contributed by atoms with E-state index in [-0.39, 0.29) is 30.4 Å². The minimum absolute atomic E-state index is 0.188. The Morgan fingerprint density at radius 2 is 1.73 bits per heavy atom. The van der Waals surface area contributed by atoms with Gasteiger partial charge in [-0.1, -0.05) is 0 Å². The average molecular weight is 372 g/mol. The highest BCUT2D eigenvalue weighted by atomic mass is 19.3. The van der Waals surface area contributed by atoms with Crippen LogP contribution in [0.2, 0.25) is 0 Å². The van der Waals surface area contributed by atoms with Crippen LogP contribution in [0.3, 0.4) is 0 Å². The number of fused-ring (bicyclic) bond motifs is 1. The molecule has 2 aromatic heterocycles. The van der Waals surface area contributed by atoms with Crippen LogP contribution in [-0.2, 0) is 6.42 Å². The van der Waals surface area contributed by atoms with E-state index in [4.69, 9.17) is 4.74 Å². The van der Waals surface area contributed by atoms with E-state index in [1.54, 1.807) is 0 Å².